The largest absolute Gasteiger partial charge is 0.497 e. The Hall–Kier alpha value is -3.87. The summed E-state index contributed by atoms with van der Waals surface area (Å²) in [6.07, 6.45) is 1.81. The van der Waals surface area contributed by atoms with E-state index in [1.807, 2.05) is 54.7 Å². The van der Waals surface area contributed by atoms with E-state index in [0.29, 0.717) is 11.8 Å². The number of methoxy groups -OCH3 is 1. The van der Waals surface area contributed by atoms with Crippen LogP contribution in [0.1, 0.15) is 5.56 Å². The van der Waals surface area contributed by atoms with Gasteiger partial charge in [0.25, 0.3) is 5.89 Å². The second-order valence-corrected chi connectivity index (χ2v) is 7.83. The molecular formula is C25H25N5O2. The number of aromatic nitrogens is 3. The number of anilines is 2. The number of pyridine rings is 1. The van der Waals surface area contributed by atoms with Gasteiger partial charge in [-0.05, 0) is 55.5 Å². The maximum atomic E-state index is 6.03. The highest BCUT2D eigenvalue weighted by Crippen LogP contribution is 2.31. The van der Waals surface area contributed by atoms with Crippen LogP contribution in [0.2, 0.25) is 0 Å². The molecule has 4 aromatic rings. The fourth-order valence-electron chi connectivity index (χ4n) is 3.93. The summed E-state index contributed by atoms with van der Waals surface area (Å²) in [6, 6.07) is 20.2. The number of hydrogen-bond donors (Lipinski definition) is 0. The van der Waals surface area contributed by atoms with E-state index in [-0.39, 0.29) is 0 Å². The summed E-state index contributed by atoms with van der Waals surface area (Å²) in [4.78, 5) is 9.31. The minimum absolute atomic E-state index is 0.487. The summed E-state index contributed by atoms with van der Waals surface area (Å²) >= 11 is 0. The standard InChI is InChI=1S/C25H25N5O2/c1-18-5-7-19(8-6-18)24-27-28-25(32-24)22-4-3-13-26-23(22)30-16-14-29(15-17-30)20-9-11-21(31-2)12-10-20/h3-13H,14-17H2,1-2H3. The molecule has 1 fully saturated rings. The van der Waals surface area contributed by atoms with Crippen LogP contribution in [0.3, 0.4) is 0 Å². The van der Waals surface area contributed by atoms with Crippen LogP contribution in [0.5, 0.6) is 5.75 Å². The van der Waals surface area contributed by atoms with Crippen molar-refractivity contribution in [2.24, 2.45) is 0 Å². The van der Waals surface area contributed by atoms with Crippen LogP contribution >= 0.6 is 0 Å². The SMILES string of the molecule is COc1ccc(N2CCN(c3ncccc3-c3nnc(-c4ccc(C)cc4)o3)CC2)cc1. The van der Waals surface area contributed by atoms with Gasteiger partial charge in [0.05, 0.1) is 12.7 Å². The van der Waals surface area contributed by atoms with Crippen molar-refractivity contribution in [3.05, 3.63) is 72.4 Å². The average Bonchev–Trinajstić information content (AvgIpc) is 3.35. The van der Waals surface area contributed by atoms with Crippen LogP contribution in [0.15, 0.2) is 71.3 Å². The first-order chi connectivity index (χ1) is 15.7. The quantitative estimate of drug-likeness (QED) is 0.466. The molecular weight excluding hydrogens is 402 g/mol. The van der Waals surface area contributed by atoms with Crippen molar-refractivity contribution in [2.45, 2.75) is 6.92 Å². The van der Waals surface area contributed by atoms with E-state index < -0.39 is 0 Å². The number of ether oxygens (including phenoxy) is 1. The Balaban J connectivity index is 1.34. The van der Waals surface area contributed by atoms with Crippen molar-refractivity contribution >= 4 is 11.5 Å². The first kappa shape index (κ1) is 20.1. The highest BCUT2D eigenvalue weighted by Gasteiger charge is 2.23. The molecule has 3 heterocycles. The smallest absolute Gasteiger partial charge is 0.251 e. The predicted molar refractivity (Wildman–Crippen MR) is 125 cm³/mol. The Morgan fingerprint density at radius 1 is 0.812 bits per heavy atom. The summed E-state index contributed by atoms with van der Waals surface area (Å²) in [5.41, 5.74) is 4.16. The fraction of sp³-hybridized carbons (Fsp3) is 0.240. The Bertz CT molecular complexity index is 1180. The van der Waals surface area contributed by atoms with Gasteiger partial charge in [0.2, 0.25) is 5.89 Å². The van der Waals surface area contributed by atoms with Crippen molar-refractivity contribution in [3.8, 4) is 28.7 Å². The molecule has 1 aliphatic heterocycles. The maximum absolute atomic E-state index is 6.03. The molecule has 1 saturated heterocycles. The lowest BCUT2D eigenvalue weighted by atomic mass is 10.1. The molecule has 0 saturated carbocycles. The molecule has 0 N–H and O–H groups in total. The first-order valence-corrected chi connectivity index (χ1v) is 10.7. The Morgan fingerprint density at radius 2 is 1.50 bits per heavy atom. The monoisotopic (exact) mass is 427 g/mol. The van der Waals surface area contributed by atoms with E-state index in [9.17, 15) is 0 Å². The van der Waals surface area contributed by atoms with E-state index in [1.165, 1.54) is 11.3 Å². The Morgan fingerprint density at radius 3 is 2.22 bits per heavy atom. The number of piperazine rings is 1. The molecule has 162 valence electrons. The maximum Gasteiger partial charge on any atom is 0.251 e. The van der Waals surface area contributed by atoms with Gasteiger partial charge in [-0.25, -0.2) is 4.98 Å². The lowest BCUT2D eigenvalue weighted by Gasteiger charge is -2.37. The lowest BCUT2D eigenvalue weighted by molar-refractivity contribution is 0.415. The molecule has 5 rings (SSSR count). The molecule has 1 aliphatic rings. The van der Waals surface area contributed by atoms with Gasteiger partial charge in [0.15, 0.2) is 0 Å². The molecule has 0 atom stereocenters. The van der Waals surface area contributed by atoms with E-state index in [0.717, 1.165) is 48.9 Å². The summed E-state index contributed by atoms with van der Waals surface area (Å²) in [6.45, 7) is 5.57. The lowest BCUT2D eigenvalue weighted by Crippen LogP contribution is -2.47. The molecule has 0 amide bonds. The molecule has 2 aromatic heterocycles. The molecule has 0 radical (unpaired) electrons. The van der Waals surface area contributed by atoms with Crippen LogP contribution in [0.4, 0.5) is 11.5 Å². The molecule has 2 aromatic carbocycles. The van der Waals surface area contributed by atoms with E-state index in [4.69, 9.17) is 9.15 Å². The van der Waals surface area contributed by atoms with Gasteiger partial charge in [0.1, 0.15) is 11.6 Å². The number of rotatable bonds is 5. The van der Waals surface area contributed by atoms with Crippen LogP contribution in [0, 0.1) is 6.92 Å². The van der Waals surface area contributed by atoms with Crippen molar-refractivity contribution in [1.82, 2.24) is 15.2 Å². The van der Waals surface area contributed by atoms with E-state index in [1.54, 1.807) is 7.11 Å². The van der Waals surface area contributed by atoms with Crippen molar-refractivity contribution in [1.29, 1.82) is 0 Å². The van der Waals surface area contributed by atoms with E-state index >= 15 is 0 Å². The number of benzene rings is 2. The molecule has 0 bridgehead atoms. The average molecular weight is 428 g/mol. The second-order valence-electron chi connectivity index (χ2n) is 7.83. The minimum Gasteiger partial charge on any atom is -0.497 e. The minimum atomic E-state index is 0.487. The zero-order valence-corrected chi connectivity index (χ0v) is 18.2. The highest BCUT2D eigenvalue weighted by atomic mass is 16.5. The third kappa shape index (κ3) is 4.01. The Labute approximate surface area is 187 Å². The molecule has 0 aliphatic carbocycles. The van der Waals surface area contributed by atoms with Gasteiger partial charge in [-0.2, -0.15) is 0 Å². The number of hydrogen-bond acceptors (Lipinski definition) is 7. The van der Waals surface area contributed by atoms with Gasteiger partial charge in [-0.15, -0.1) is 10.2 Å². The zero-order chi connectivity index (χ0) is 21.9. The van der Waals surface area contributed by atoms with Gasteiger partial charge < -0.3 is 19.0 Å². The Kier molecular flexibility index (Phi) is 5.46. The van der Waals surface area contributed by atoms with Gasteiger partial charge in [-0.1, -0.05) is 17.7 Å². The third-order valence-corrected chi connectivity index (χ3v) is 5.76. The predicted octanol–water partition coefficient (Wildman–Crippen LogP) is 4.44. The fourth-order valence-corrected chi connectivity index (χ4v) is 3.93. The van der Waals surface area contributed by atoms with Gasteiger partial charge in [0, 0.05) is 43.6 Å². The molecule has 7 heteroatoms. The molecule has 7 nitrogen and oxygen atoms in total. The summed E-state index contributed by atoms with van der Waals surface area (Å²) in [5, 5.41) is 8.58. The van der Waals surface area contributed by atoms with Gasteiger partial charge >= 0.3 is 0 Å². The molecule has 32 heavy (non-hydrogen) atoms. The molecule has 0 spiro atoms. The van der Waals surface area contributed by atoms with Crippen molar-refractivity contribution in [2.75, 3.05) is 43.1 Å². The highest BCUT2D eigenvalue weighted by molar-refractivity contribution is 5.71. The first-order valence-electron chi connectivity index (χ1n) is 10.7. The van der Waals surface area contributed by atoms with Crippen LogP contribution in [-0.4, -0.2) is 48.5 Å². The normalized spacial score (nSPS) is 13.9. The number of nitrogens with zero attached hydrogens (tertiary/aromatic N) is 5. The summed E-state index contributed by atoms with van der Waals surface area (Å²) < 4.78 is 11.3. The van der Waals surface area contributed by atoms with E-state index in [2.05, 4.69) is 44.0 Å². The van der Waals surface area contributed by atoms with Gasteiger partial charge in [-0.3, -0.25) is 0 Å². The molecule has 0 unspecified atom stereocenters. The van der Waals surface area contributed by atoms with Crippen LogP contribution < -0.4 is 14.5 Å². The summed E-state index contributed by atoms with van der Waals surface area (Å²) in [5.74, 6) is 2.75. The topological polar surface area (TPSA) is 67.5 Å². The van der Waals surface area contributed by atoms with Crippen LogP contribution in [0.25, 0.3) is 22.9 Å². The van der Waals surface area contributed by atoms with Crippen LogP contribution in [-0.2, 0) is 0 Å². The summed E-state index contributed by atoms with van der Waals surface area (Å²) in [7, 11) is 1.69. The van der Waals surface area contributed by atoms with Crippen molar-refractivity contribution < 1.29 is 9.15 Å². The second kappa shape index (κ2) is 8.70. The third-order valence-electron chi connectivity index (χ3n) is 5.76. The zero-order valence-electron chi connectivity index (χ0n) is 18.2. The van der Waals surface area contributed by atoms with Crippen molar-refractivity contribution in [3.63, 3.8) is 0 Å². The number of aryl methyl sites for hydroxylation is 1.